The summed E-state index contributed by atoms with van der Waals surface area (Å²) < 4.78 is 0. The van der Waals surface area contributed by atoms with Gasteiger partial charge in [0.2, 0.25) is 17.7 Å². The van der Waals surface area contributed by atoms with Crippen molar-refractivity contribution in [2.75, 3.05) is 22.1 Å². The number of hydrogen-bond acceptors (Lipinski definition) is 3. The number of carbonyl (C=O) groups is 3. The van der Waals surface area contributed by atoms with Crippen LogP contribution in [0.1, 0.15) is 19.4 Å². The molecule has 0 aromatic heterocycles. The molecule has 6 heteroatoms. The van der Waals surface area contributed by atoms with E-state index in [1.54, 1.807) is 24.3 Å². The number of nitrogens with zero attached hydrogens (tertiary/aromatic N) is 1. The SMILES string of the molecule is CC(=O)Nc1cccc(N(CC(=O)Nc2ccccc2C)C(C)=O)c1. The molecule has 0 saturated heterocycles. The van der Waals surface area contributed by atoms with Crippen LogP contribution in [0.3, 0.4) is 0 Å². The van der Waals surface area contributed by atoms with Crippen LogP contribution in [0.25, 0.3) is 0 Å². The molecule has 2 aromatic carbocycles. The van der Waals surface area contributed by atoms with Gasteiger partial charge in [0.15, 0.2) is 0 Å². The van der Waals surface area contributed by atoms with Crippen LogP contribution in [0.5, 0.6) is 0 Å². The number of amides is 3. The van der Waals surface area contributed by atoms with E-state index in [1.807, 2.05) is 31.2 Å². The third-order valence-corrected chi connectivity index (χ3v) is 3.58. The lowest BCUT2D eigenvalue weighted by Gasteiger charge is -2.21. The van der Waals surface area contributed by atoms with E-state index in [2.05, 4.69) is 10.6 Å². The Morgan fingerprint density at radius 2 is 1.68 bits per heavy atom. The first-order valence-electron chi connectivity index (χ1n) is 7.88. The molecule has 0 fully saturated rings. The number of anilines is 3. The van der Waals surface area contributed by atoms with Crippen LogP contribution in [0.2, 0.25) is 0 Å². The van der Waals surface area contributed by atoms with Gasteiger partial charge in [0.05, 0.1) is 0 Å². The number of carbonyl (C=O) groups excluding carboxylic acids is 3. The van der Waals surface area contributed by atoms with E-state index in [9.17, 15) is 14.4 Å². The van der Waals surface area contributed by atoms with Crippen molar-refractivity contribution in [2.45, 2.75) is 20.8 Å². The second-order valence-corrected chi connectivity index (χ2v) is 5.70. The zero-order chi connectivity index (χ0) is 18.4. The molecule has 0 aliphatic heterocycles. The van der Waals surface area contributed by atoms with Gasteiger partial charge in [0.1, 0.15) is 6.54 Å². The molecule has 3 amide bonds. The minimum absolute atomic E-state index is 0.118. The van der Waals surface area contributed by atoms with Gasteiger partial charge in [0.25, 0.3) is 0 Å². The van der Waals surface area contributed by atoms with Crippen molar-refractivity contribution in [1.82, 2.24) is 0 Å². The Morgan fingerprint density at radius 1 is 0.960 bits per heavy atom. The van der Waals surface area contributed by atoms with Crippen LogP contribution < -0.4 is 15.5 Å². The average molecular weight is 339 g/mol. The maximum Gasteiger partial charge on any atom is 0.244 e. The summed E-state index contributed by atoms with van der Waals surface area (Å²) in [5.41, 5.74) is 2.76. The van der Waals surface area contributed by atoms with Gasteiger partial charge in [-0.15, -0.1) is 0 Å². The third-order valence-electron chi connectivity index (χ3n) is 3.58. The smallest absolute Gasteiger partial charge is 0.244 e. The highest BCUT2D eigenvalue weighted by Gasteiger charge is 2.17. The van der Waals surface area contributed by atoms with Gasteiger partial charge in [-0.25, -0.2) is 0 Å². The lowest BCUT2D eigenvalue weighted by atomic mass is 10.2. The molecule has 2 rings (SSSR count). The van der Waals surface area contributed by atoms with Crippen LogP contribution in [-0.4, -0.2) is 24.3 Å². The largest absolute Gasteiger partial charge is 0.326 e. The van der Waals surface area contributed by atoms with Crippen molar-refractivity contribution in [3.63, 3.8) is 0 Å². The van der Waals surface area contributed by atoms with E-state index in [4.69, 9.17) is 0 Å². The Labute approximate surface area is 146 Å². The molecular formula is C19H21N3O3. The maximum absolute atomic E-state index is 12.3. The molecule has 0 aliphatic carbocycles. The molecular weight excluding hydrogens is 318 g/mol. The Morgan fingerprint density at radius 3 is 2.32 bits per heavy atom. The number of benzene rings is 2. The fraction of sp³-hybridized carbons (Fsp3) is 0.211. The summed E-state index contributed by atoms with van der Waals surface area (Å²) in [6, 6.07) is 14.2. The summed E-state index contributed by atoms with van der Waals surface area (Å²) in [5, 5.41) is 5.47. The average Bonchev–Trinajstić information content (AvgIpc) is 2.54. The number of para-hydroxylation sites is 1. The fourth-order valence-electron chi connectivity index (χ4n) is 2.39. The zero-order valence-electron chi connectivity index (χ0n) is 14.5. The Hall–Kier alpha value is -3.15. The van der Waals surface area contributed by atoms with Crippen LogP contribution >= 0.6 is 0 Å². The molecule has 0 radical (unpaired) electrons. The minimum atomic E-state index is -0.297. The predicted octanol–water partition coefficient (Wildman–Crippen LogP) is 2.95. The second kappa shape index (κ2) is 8.10. The van der Waals surface area contributed by atoms with Gasteiger partial charge in [0, 0.05) is 30.9 Å². The fourth-order valence-corrected chi connectivity index (χ4v) is 2.39. The molecule has 0 unspecified atom stereocenters. The summed E-state index contributed by atoms with van der Waals surface area (Å²) >= 11 is 0. The Kier molecular flexibility index (Phi) is 5.89. The summed E-state index contributed by atoms with van der Waals surface area (Å²) in [6.45, 7) is 4.58. The van der Waals surface area contributed by atoms with Crippen LogP contribution in [0.4, 0.5) is 17.1 Å². The molecule has 0 heterocycles. The monoisotopic (exact) mass is 339 g/mol. The standard InChI is InChI=1S/C19H21N3O3/c1-13-7-4-5-10-18(13)21-19(25)12-22(15(3)24)17-9-6-8-16(11-17)20-14(2)23/h4-11H,12H2,1-3H3,(H,20,23)(H,21,25). The molecule has 0 saturated carbocycles. The quantitative estimate of drug-likeness (QED) is 0.879. The number of hydrogen-bond donors (Lipinski definition) is 2. The first-order valence-corrected chi connectivity index (χ1v) is 7.88. The molecule has 2 N–H and O–H groups in total. The summed E-state index contributed by atoms with van der Waals surface area (Å²) in [7, 11) is 0. The minimum Gasteiger partial charge on any atom is -0.326 e. The first kappa shape index (κ1) is 18.2. The second-order valence-electron chi connectivity index (χ2n) is 5.70. The Balaban J connectivity index is 2.16. The molecule has 2 aromatic rings. The van der Waals surface area contributed by atoms with Gasteiger partial charge < -0.3 is 15.5 Å². The molecule has 0 bridgehead atoms. The van der Waals surface area contributed by atoms with Gasteiger partial charge in [-0.05, 0) is 36.8 Å². The van der Waals surface area contributed by atoms with Gasteiger partial charge in [-0.1, -0.05) is 24.3 Å². The molecule has 0 atom stereocenters. The lowest BCUT2D eigenvalue weighted by Crippen LogP contribution is -2.36. The molecule has 25 heavy (non-hydrogen) atoms. The zero-order valence-corrected chi connectivity index (χ0v) is 14.5. The molecule has 0 spiro atoms. The third kappa shape index (κ3) is 5.17. The van der Waals surface area contributed by atoms with Crippen LogP contribution in [0.15, 0.2) is 48.5 Å². The van der Waals surface area contributed by atoms with Gasteiger partial charge >= 0.3 is 0 Å². The van der Waals surface area contributed by atoms with E-state index in [1.165, 1.54) is 18.7 Å². The maximum atomic E-state index is 12.3. The number of aryl methyl sites for hydroxylation is 1. The molecule has 6 nitrogen and oxygen atoms in total. The van der Waals surface area contributed by atoms with Crippen molar-refractivity contribution in [1.29, 1.82) is 0 Å². The van der Waals surface area contributed by atoms with E-state index in [-0.39, 0.29) is 24.3 Å². The highest BCUT2D eigenvalue weighted by atomic mass is 16.2. The normalized spacial score (nSPS) is 10.0. The highest BCUT2D eigenvalue weighted by Crippen LogP contribution is 2.20. The molecule has 0 aliphatic rings. The molecule has 130 valence electrons. The number of rotatable bonds is 5. The predicted molar refractivity (Wildman–Crippen MR) is 98.6 cm³/mol. The topological polar surface area (TPSA) is 78.5 Å². The van der Waals surface area contributed by atoms with E-state index in [0.29, 0.717) is 17.1 Å². The van der Waals surface area contributed by atoms with Crippen LogP contribution in [0, 0.1) is 6.92 Å². The van der Waals surface area contributed by atoms with E-state index >= 15 is 0 Å². The van der Waals surface area contributed by atoms with Crippen molar-refractivity contribution < 1.29 is 14.4 Å². The van der Waals surface area contributed by atoms with E-state index < -0.39 is 0 Å². The van der Waals surface area contributed by atoms with Crippen LogP contribution in [-0.2, 0) is 14.4 Å². The van der Waals surface area contributed by atoms with Crippen molar-refractivity contribution in [3.8, 4) is 0 Å². The van der Waals surface area contributed by atoms with E-state index in [0.717, 1.165) is 5.56 Å². The van der Waals surface area contributed by atoms with Gasteiger partial charge in [-0.2, -0.15) is 0 Å². The van der Waals surface area contributed by atoms with Crippen molar-refractivity contribution >= 4 is 34.8 Å². The summed E-state index contributed by atoms with van der Waals surface area (Å²) in [4.78, 5) is 36.9. The highest BCUT2D eigenvalue weighted by molar-refractivity contribution is 6.02. The van der Waals surface area contributed by atoms with Crippen molar-refractivity contribution in [3.05, 3.63) is 54.1 Å². The van der Waals surface area contributed by atoms with Gasteiger partial charge in [-0.3, -0.25) is 14.4 Å². The summed E-state index contributed by atoms with van der Waals surface area (Å²) in [5.74, 6) is -0.766. The number of nitrogens with one attached hydrogen (secondary N) is 2. The first-order chi connectivity index (χ1) is 11.9. The lowest BCUT2D eigenvalue weighted by molar-refractivity contribution is -0.120. The Bertz CT molecular complexity index is 802. The summed E-state index contributed by atoms with van der Waals surface area (Å²) in [6.07, 6.45) is 0. The van der Waals surface area contributed by atoms with Crippen molar-refractivity contribution in [2.24, 2.45) is 0 Å².